The molecule has 104 valence electrons. The molecule has 1 aromatic heterocycles. The van der Waals surface area contributed by atoms with Gasteiger partial charge in [-0.2, -0.15) is 0 Å². The van der Waals surface area contributed by atoms with Gasteiger partial charge in [-0.05, 0) is 31.0 Å². The van der Waals surface area contributed by atoms with E-state index in [-0.39, 0.29) is 5.60 Å². The first-order chi connectivity index (χ1) is 9.08. The van der Waals surface area contributed by atoms with Crippen LogP contribution in [-0.4, -0.2) is 37.9 Å². The molecule has 1 saturated heterocycles. The topological polar surface area (TPSA) is 34.6 Å². The molecular weight excluding hydrogens is 240 g/mol. The van der Waals surface area contributed by atoms with Gasteiger partial charge in [0.2, 0.25) is 0 Å². The van der Waals surface area contributed by atoms with Crippen LogP contribution in [0.1, 0.15) is 37.8 Å². The van der Waals surface area contributed by atoms with Crippen molar-refractivity contribution in [3.63, 3.8) is 0 Å². The number of aromatic nitrogens is 1. The van der Waals surface area contributed by atoms with Gasteiger partial charge in [0.15, 0.2) is 0 Å². The van der Waals surface area contributed by atoms with Gasteiger partial charge in [0.05, 0.1) is 25.4 Å². The second-order valence-electron chi connectivity index (χ2n) is 5.95. The molecule has 4 nitrogen and oxygen atoms in total. The van der Waals surface area contributed by atoms with Crippen molar-refractivity contribution in [3.8, 4) is 0 Å². The normalized spacial score (nSPS) is 26.1. The zero-order valence-electron chi connectivity index (χ0n) is 12.0. The van der Waals surface area contributed by atoms with Crippen molar-refractivity contribution >= 4 is 5.82 Å². The molecule has 0 bridgehead atoms. The molecule has 1 unspecified atom stereocenters. The number of fused-ring (bicyclic) bond motifs is 1. The minimum atomic E-state index is -0.216. The third kappa shape index (κ3) is 2.35. The van der Waals surface area contributed by atoms with E-state index in [1.807, 2.05) is 6.20 Å². The predicted octanol–water partition coefficient (Wildman–Crippen LogP) is 2.29. The van der Waals surface area contributed by atoms with Crippen molar-refractivity contribution in [2.45, 2.75) is 32.3 Å². The van der Waals surface area contributed by atoms with Crippen LogP contribution in [0.25, 0.3) is 0 Å². The fraction of sp³-hybridized carbons (Fsp3) is 0.667. The lowest BCUT2D eigenvalue weighted by atomic mass is 9.85. The highest BCUT2D eigenvalue weighted by atomic mass is 16.5. The van der Waals surface area contributed by atoms with Crippen molar-refractivity contribution in [2.75, 3.05) is 37.8 Å². The Balaban J connectivity index is 1.97. The van der Waals surface area contributed by atoms with Crippen molar-refractivity contribution < 1.29 is 9.47 Å². The maximum Gasteiger partial charge on any atom is 0.129 e. The molecule has 0 amide bonds. The average molecular weight is 262 g/mol. The van der Waals surface area contributed by atoms with E-state index in [0.717, 1.165) is 38.7 Å². The number of morpholine rings is 1. The van der Waals surface area contributed by atoms with Crippen molar-refractivity contribution in [2.24, 2.45) is 0 Å². The number of rotatable bonds is 1. The summed E-state index contributed by atoms with van der Waals surface area (Å²) in [6.07, 6.45) is 2.04. The zero-order chi connectivity index (χ0) is 13.5. The molecule has 0 aromatic carbocycles. The number of ether oxygens (including phenoxy) is 2. The smallest absolute Gasteiger partial charge is 0.129 e. The first kappa shape index (κ1) is 12.9. The largest absolute Gasteiger partial charge is 0.378 e. The standard InChI is InChI=1S/C15H22N2O2/c1-11-10-19-15(2,3)13-8-14(16-9-12(11)13)17-4-6-18-7-5-17/h8-9,11H,4-7,10H2,1-3H3. The molecule has 1 fully saturated rings. The van der Waals surface area contributed by atoms with Gasteiger partial charge in [-0.3, -0.25) is 0 Å². The fourth-order valence-electron chi connectivity index (χ4n) is 2.84. The Morgan fingerprint density at radius 2 is 2.05 bits per heavy atom. The lowest BCUT2D eigenvalue weighted by molar-refractivity contribution is -0.0407. The molecule has 0 aliphatic carbocycles. The van der Waals surface area contributed by atoms with Crippen LogP contribution >= 0.6 is 0 Å². The molecule has 1 aromatic rings. The highest BCUT2D eigenvalue weighted by molar-refractivity contribution is 5.47. The second kappa shape index (κ2) is 4.76. The highest BCUT2D eigenvalue weighted by Crippen LogP contribution is 2.38. The van der Waals surface area contributed by atoms with Gasteiger partial charge >= 0.3 is 0 Å². The lowest BCUT2D eigenvalue weighted by Gasteiger charge is -2.37. The van der Waals surface area contributed by atoms with E-state index in [1.165, 1.54) is 11.1 Å². The molecule has 1 atom stereocenters. The van der Waals surface area contributed by atoms with Gasteiger partial charge in [-0.25, -0.2) is 4.98 Å². The predicted molar refractivity (Wildman–Crippen MR) is 74.7 cm³/mol. The van der Waals surface area contributed by atoms with Crippen LogP contribution in [0.2, 0.25) is 0 Å². The summed E-state index contributed by atoms with van der Waals surface area (Å²) >= 11 is 0. The van der Waals surface area contributed by atoms with Crippen molar-refractivity contribution in [3.05, 3.63) is 23.4 Å². The van der Waals surface area contributed by atoms with E-state index in [1.54, 1.807) is 0 Å². The third-order valence-electron chi connectivity index (χ3n) is 4.13. The van der Waals surface area contributed by atoms with Gasteiger partial charge < -0.3 is 14.4 Å². The number of hydrogen-bond acceptors (Lipinski definition) is 4. The summed E-state index contributed by atoms with van der Waals surface area (Å²) in [6.45, 7) is 10.7. The SMILES string of the molecule is CC1COC(C)(C)c2cc(N3CCOCC3)ncc21. The van der Waals surface area contributed by atoms with E-state index in [4.69, 9.17) is 9.47 Å². The van der Waals surface area contributed by atoms with Crippen LogP contribution < -0.4 is 4.90 Å². The van der Waals surface area contributed by atoms with E-state index >= 15 is 0 Å². The van der Waals surface area contributed by atoms with Gasteiger partial charge in [0, 0.05) is 25.2 Å². The summed E-state index contributed by atoms with van der Waals surface area (Å²) in [5.74, 6) is 1.47. The molecule has 3 heterocycles. The first-order valence-electron chi connectivity index (χ1n) is 7.05. The van der Waals surface area contributed by atoms with E-state index < -0.39 is 0 Å². The average Bonchev–Trinajstić information content (AvgIpc) is 2.44. The summed E-state index contributed by atoms with van der Waals surface area (Å²) < 4.78 is 11.4. The molecule has 3 rings (SSSR count). The Hall–Kier alpha value is -1.13. The maximum absolute atomic E-state index is 5.98. The Morgan fingerprint density at radius 3 is 2.79 bits per heavy atom. The monoisotopic (exact) mass is 262 g/mol. The van der Waals surface area contributed by atoms with Crippen molar-refractivity contribution in [1.29, 1.82) is 0 Å². The Morgan fingerprint density at radius 1 is 1.32 bits per heavy atom. The van der Waals surface area contributed by atoms with Gasteiger partial charge in [0.25, 0.3) is 0 Å². The quantitative estimate of drug-likeness (QED) is 0.777. The van der Waals surface area contributed by atoms with E-state index in [0.29, 0.717) is 5.92 Å². The Kier molecular flexibility index (Phi) is 3.23. The van der Waals surface area contributed by atoms with E-state index in [9.17, 15) is 0 Å². The summed E-state index contributed by atoms with van der Waals surface area (Å²) in [4.78, 5) is 6.94. The minimum absolute atomic E-state index is 0.216. The summed E-state index contributed by atoms with van der Waals surface area (Å²) in [5.41, 5.74) is 2.39. The number of hydrogen-bond donors (Lipinski definition) is 0. The van der Waals surface area contributed by atoms with Crippen LogP contribution in [0.15, 0.2) is 12.3 Å². The van der Waals surface area contributed by atoms with Gasteiger partial charge in [-0.15, -0.1) is 0 Å². The lowest BCUT2D eigenvalue weighted by Crippen LogP contribution is -2.38. The molecule has 0 N–H and O–H groups in total. The van der Waals surface area contributed by atoms with Crippen LogP contribution in [0.3, 0.4) is 0 Å². The molecular formula is C15H22N2O2. The van der Waals surface area contributed by atoms with E-state index in [2.05, 4.69) is 36.7 Å². The number of pyridine rings is 1. The number of anilines is 1. The summed E-state index contributed by atoms with van der Waals surface area (Å²) in [6, 6.07) is 2.20. The fourth-order valence-corrected chi connectivity index (χ4v) is 2.84. The Labute approximate surface area is 114 Å². The molecule has 0 radical (unpaired) electrons. The molecule has 2 aliphatic rings. The summed E-state index contributed by atoms with van der Waals surface area (Å²) in [7, 11) is 0. The minimum Gasteiger partial charge on any atom is -0.378 e. The molecule has 4 heteroatoms. The van der Waals surface area contributed by atoms with Crippen molar-refractivity contribution in [1.82, 2.24) is 4.98 Å². The molecule has 0 spiro atoms. The first-order valence-corrected chi connectivity index (χ1v) is 7.05. The zero-order valence-corrected chi connectivity index (χ0v) is 12.0. The highest BCUT2D eigenvalue weighted by Gasteiger charge is 2.32. The van der Waals surface area contributed by atoms with Gasteiger partial charge in [-0.1, -0.05) is 6.92 Å². The van der Waals surface area contributed by atoms with Crippen LogP contribution in [0.5, 0.6) is 0 Å². The summed E-state index contributed by atoms with van der Waals surface area (Å²) in [5, 5.41) is 0. The molecule has 2 aliphatic heterocycles. The van der Waals surface area contributed by atoms with Crippen LogP contribution in [0.4, 0.5) is 5.82 Å². The third-order valence-corrected chi connectivity index (χ3v) is 4.13. The molecule has 0 saturated carbocycles. The second-order valence-corrected chi connectivity index (χ2v) is 5.95. The number of nitrogens with zero attached hydrogens (tertiary/aromatic N) is 2. The Bertz CT molecular complexity index is 467. The van der Waals surface area contributed by atoms with Crippen LogP contribution in [-0.2, 0) is 15.1 Å². The van der Waals surface area contributed by atoms with Gasteiger partial charge in [0.1, 0.15) is 5.82 Å². The van der Waals surface area contributed by atoms with Crippen LogP contribution in [0, 0.1) is 0 Å². The molecule has 19 heavy (non-hydrogen) atoms. The maximum atomic E-state index is 5.98.